The Kier molecular flexibility index (Phi) is 2.44. The molecule has 0 bridgehead atoms. The molecule has 0 aliphatic carbocycles. The van der Waals surface area contributed by atoms with Crippen LogP contribution in [0.15, 0.2) is 47.2 Å². The van der Waals surface area contributed by atoms with Gasteiger partial charge in [0.1, 0.15) is 6.33 Å². The van der Waals surface area contributed by atoms with E-state index in [9.17, 15) is 0 Å². The van der Waals surface area contributed by atoms with Gasteiger partial charge in [-0.2, -0.15) is 5.10 Å². The van der Waals surface area contributed by atoms with Gasteiger partial charge in [0.25, 0.3) is 0 Å². The molecule has 0 saturated heterocycles. The molecule has 0 aliphatic rings. The predicted molar refractivity (Wildman–Crippen MR) is 71.6 cm³/mol. The molecule has 4 heteroatoms. The average Bonchev–Trinajstić information content (AvgIpc) is 2.77. The number of fused-ring (bicyclic) bond motifs is 1. The van der Waals surface area contributed by atoms with Gasteiger partial charge in [0.05, 0.1) is 0 Å². The van der Waals surface area contributed by atoms with Crippen LogP contribution in [0.2, 0.25) is 0 Å². The molecule has 3 nitrogen and oxygen atoms in total. The Labute approximate surface area is 107 Å². The maximum atomic E-state index is 4.35. The Morgan fingerprint density at radius 1 is 1.06 bits per heavy atom. The molecule has 0 aliphatic heterocycles. The fourth-order valence-corrected chi connectivity index (χ4v) is 2.40. The molecule has 0 N–H and O–H groups in total. The van der Waals surface area contributed by atoms with E-state index in [0.29, 0.717) is 0 Å². The highest BCUT2D eigenvalue weighted by Crippen LogP contribution is 2.31. The SMILES string of the molecule is Cn1cnc(-c2ccc(Br)c3ccccc23)n1. The third-order valence-corrected chi connectivity index (χ3v) is 3.40. The largest absolute Gasteiger partial charge is 0.255 e. The minimum atomic E-state index is 0.760. The van der Waals surface area contributed by atoms with E-state index in [-0.39, 0.29) is 0 Å². The minimum Gasteiger partial charge on any atom is -0.255 e. The quantitative estimate of drug-likeness (QED) is 0.687. The molecule has 0 amide bonds. The van der Waals surface area contributed by atoms with E-state index in [1.807, 2.05) is 31.3 Å². The summed E-state index contributed by atoms with van der Waals surface area (Å²) in [7, 11) is 1.87. The van der Waals surface area contributed by atoms with Crippen molar-refractivity contribution in [3.63, 3.8) is 0 Å². The number of nitrogens with zero attached hydrogens (tertiary/aromatic N) is 3. The van der Waals surface area contributed by atoms with Crippen molar-refractivity contribution in [2.24, 2.45) is 7.05 Å². The maximum Gasteiger partial charge on any atom is 0.181 e. The van der Waals surface area contributed by atoms with Crippen LogP contribution in [0, 0.1) is 0 Å². The first-order valence-electron chi connectivity index (χ1n) is 5.29. The number of aryl methyl sites for hydroxylation is 1. The molecule has 0 spiro atoms. The number of hydrogen-bond donors (Lipinski definition) is 0. The monoisotopic (exact) mass is 287 g/mol. The molecule has 84 valence electrons. The Balaban J connectivity index is 2.34. The van der Waals surface area contributed by atoms with Crippen LogP contribution in [0.4, 0.5) is 0 Å². The molecule has 0 fully saturated rings. The second-order valence-electron chi connectivity index (χ2n) is 3.88. The molecule has 0 saturated carbocycles. The van der Waals surface area contributed by atoms with E-state index in [1.54, 1.807) is 11.0 Å². The lowest BCUT2D eigenvalue weighted by molar-refractivity contribution is 0.768. The molecular formula is C13H10BrN3. The molecule has 1 aromatic heterocycles. The van der Waals surface area contributed by atoms with E-state index in [1.165, 1.54) is 5.39 Å². The van der Waals surface area contributed by atoms with Crippen molar-refractivity contribution in [3.05, 3.63) is 47.2 Å². The summed E-state index contributed by atoms with van der Waals surface area (Å²) >= 11 is 3.56. The smallest absolute Gasteiger partial charge is 0.181 e. The van der Waals surface area contributed by atoms with Gasteiger partial charge in [-0.1, -0.05) is 40.2 Å². The van der Waals surface area contributed by atoms with Crippen LogP contribution in [0.5, 0.6) is 0 Å². The standard InChI is InChI=1S/C13H10BrN3/c1-17-8-15-13(16-17)11-6-7-12(14)10-5-3-2-4-9(10)11/h2-8H,1H3. The first kappa shape index (κ1) is 10.5. The fraction of sp³-hybridized carbons (Fsp3) is 0.0769. The average molecular weight is 288 g/mol. The Morgan fingerprint density at radius 3 is 2.53 bits per heavy atom. The second kappa shape index (κ2) is 3.96. The summed E-state index contributed by atoms with van der Waals surface area (Å²) in [6.45, 7) is 0. The Bertz CT molecular complexity index is 688. The van der Waals surface area contributed by atoms with E-state index >= 15 is 0 Å². The molecule has 2 aromatic carbocycles. The lowest BCUT2D eigenvalue weighted by Gasteiger charge is -2.04. The highest BCUT2D eigenvalue weighted by atomic mass is 79.9. The summed E-state index contributed by atoms with van der Waals surface area (Å²) in [5.74, 6) is 0.760. The summed E-state index contributed by atoms with van der Waals surface area (Å²) in [4.78, 5) is 4.30. The van der Waals surface area contributed by atoms with Gasteiger partial charge >= 0.3 is 0 Å². The number of halogens is 1. The molecule has 1 heterocycles. The Morgan fingerprint density at radius 2 is 1.82 bits per heavy atom. The molecule has 0 unspecified atom stereocenters. The van der Waals surface area contributed by atoms with Crippen LogP contribution >= 0.6 is 15.9 Å². The fourth-order valence-electron chi connectivity index (χ4n) is 1.92. The molecule has 17 heavy (non-hydrogen) atoms. The summed E-state index contributed by atoms with van der Waals surface area (Å²) in [6, 6.07) is 12.3. The van der Waals surface area contributed by atoms with E-state index < -0.39 is 0 Å². The van der Waals surface area contributed by atoms with Crippen LogP contribution < -0.4 is 0 Å². The molecule has 0 atom stereocenters. The van der Waals surface area contributed by atoms with Crippen LogP contribution in [-0.4, -0.2) is 14.8 Å². The maximum absolute atomic E-state index is 4.35. The first-order chi connectivity index (χ1) is 8.25. The zero-order chi connectivity index (χ0) is 11.8. The predicted octanol–water partition coefficient (Wildman–Crippen LogP) is 3.40. The van der Waals surface area contributed by atoms with Crippen LogP contribution in [0.1, 0.15) is 0 Å². The summed E-state index contributed by atoms with van der Waals surface area (Å²) in [5.41, 5.74) is 1.06. The lowest BCUT2D eigenvalue weighted by Crippen LogP contribution is -1.89. The van der Waals surface area contributed by atoms with Gasteiger partial charge in [-0.3, -0.25) is 4.68 Å². The van der Waals surface area contributed by atoms with Gasteiger partial charge < -0.3 is 0 Å². The summed E-state index contributed by atoms with van der Waals surface area (Å²) in [6.07, 6.45) is 1.71. The third-order valence-electron chi connectivity index (χ3n) is 2.71. The molecule has 3 rings (SSSR count). The Hall–Kier alpha value is -1.68. The van der Waals surface area contributed by atoms with Crippen molar-refractivity contribution in [3.8, 4) is 11.4 Å². The first-order valence-corrected chi connectivity index (χ1v) is 6.08. The van der Waals surface area contributed by atoms with Gasteiger partial charge in [-0.05, 0) is 22.9 Å². The van der Waals surface area contributed by atoms with Crippen molar-refractivity contribution in [2.45, 2.75) is 0 Å². The van der Waals surface area contributed by atoms with Crippen molar-refractivity contribution in [1.82, 2.24) is 14.8 Å². The number of rotatable bonds is 1. The van der Waals surface area contributed by atoms with Gasteiger partial charge in [-0.15, -0.1) is 0 Å². The zero-order valence-corrected chi connectivity index (χ0v) is 10.8. The van der Waals surface area contributed by atoms with Crippen LogP contribution in [0.25, 0.3) is 22.2 Å². The lowest BCUT2D eigenvalue weighted by atomic mass is 10.0. The molecule has 3 aromatic rings. The van der Waals surface area contributed by atoms with Gasteiger partial charge in [0.2, 0.25) is 0 Å². The third kappa shape index (κ3) is 1.74. The number of benzene rings is 2. The van der Waals surface area contributed by atoms with Crippen molar-refractivity contribution >= 4 is 26.7 Å². The number of aromatic nitrogens is 3. The van der Waals surface area contributed by atoms with E-state index in [2.05, 4.69) is 38.1 Å². The van der Waals surface area contributed by atoms with E-state index in [4.69, 9.17) is 0 Å². The highest BCUT2D eigenvalue weighted by molar-refractivity contribution is 9.10. The molecular weight excluding hydrogens is 278 g/mol. The summed E-state index contributed by atoms with van der Waals surface area (Å²) in [5, 5.41) is 6.69. The topological polar surface area (TPSA) is 30.7 Å². The molecule has 0 radical (unpaired) electrons. The van der Waals surface area contributed by atoms with E-state index in [0.717, 1.165) is 21.2 Å². The van der Waals surface area contributed by atoms with Crippen molar-refractivity contribution < 1.29 is 0 Å². The van der Waals surface area contributed by atoms with Gasteiger partial charge in [0.15, 0.2) is 5.82 Å². The summed E-state index contributed by atoms with van der Waals surface area (Å²) < 4.78 is 2.80. The second-order valence-corrected chi connectivity index (χ2v) is 4.74. The van der Waals surface area contributed by atoms with Gasteiger partial charge in [0, 0.05) is 17.1 Å². The van der Waals surface area contributed by atoms with Crippen molar-refractivity contribution in [1.29, 1.82) is 0 Å². The van der Waals surface area contributed by atoms with Crippen molar-refractivity contribution in [2.75, 3.05) is 0 Å². The zero-order valence-electron chi connectivity index (χ0n) is 9.26. The number of hydrogen-bond acceptors (Lipinski definition) is 2. The highest BCUT2D eigenvalue weighted by Gasteiger charge is 2.09. The normalized spacial score (nSPS) is 10.9. The minimum absolute atomic E-state index is 0.760. The van der Waals surface area contributed by atoms with Gasteiger partial charge in [-0.25, -0.2) is 4.98 Å². The van der Waals surface area contributed by atoms with Crippen LogP contribution in [0.3, 0.4) is 0 Å². The van der Waals surface area contributed by atoms with Crippen LogP contribution in [-0.2, 0) is 7.05 Å².